The molecule has 0 bridgehead atoms. The van der Waals surface area contributed by atoms with Crippen LogP contribution in [0.4, 0.5) is 5.82 Å². The third-order valence-electron chi connectivity index (χ3n) is 4.17. The summed E-state index contributed by atoms with van der Waals surface area (Å²) >= 11 is 5.97. The fourth-order valence-corrected chi connectivity index (χ4v) is 2.84. The van der Waals surface area contributed by atoms with E-state index in [2.05, 4.69) is 52.9 Å². The van der Waals surface area contributed by atoms with Gasteiger partial charge in [-0.1, -0.05) is 54.9 Å². The van der Waals surface area contributed by atoms with E-state index < -0.39 is 0 Å². The van der Waals surface area contributed by atoms with Gasteiger partial charge in [0, 0.05) is 23.2 Å². The fraction of sp³-hybridized carbons (Fsp3) is 0.182. The van der Waals surface area contributed by atoms with Gasteiger partial charge in [0.1, 0.15) is 17.5 Å². The zero-order chi connectivity index (χ0) is 19.8. The number of aliphatic imine (C=N–C) groups is 1. The number of halogens is 1. The van der Waals surface area contributed by atoms with Crippen LogP contribution in [0.15, 0.2) is 77.7 Å². The van der Waals surface area contributed by atoms with Gasteiger partial charge < -0.3 is 10.6 Å². The van der Waals surface area contributed by atoms with E-state index in [-0.39, 0.29) is 0 Å². The van der Waals surface area contributed by atoms with Crippen LogP contribution in [0.25, 0.3) is 0 Å². The molecule has 0 radical (unpaired) electrons. The molecule has 1 heterocycles. The van der Waals surface area contributed by atoms with E-state index in [1.54, 1.807) is 6.20 Å². The Labute approximate surface area is 170 Å². The molecule has 0 atom stereocenters. The number of aromatic nitrogens is 2. The Bertz CT molecular complexity index is 943. The Morgan fingerprint density at radius 1 is 1.14 bits per heavy atom. The van der Waals surface area contributed by atoms with Crippen molar-refractivity contribution in [3.8, 4) is 0 Å². The number of H-pyrrole nitrogens is 1. The number of aromatic amines is 1. The average molecular weight is 394 g/mol. The summed E-state index contributed by atoms with van der Waals surface area (Å²) in [5.74, 6) is 2.35. The number of amidine groups is 1. The highest BCUT2D eigenvalue weighted by molar-refractivity contribution is 6.30. The van der Waals surface area contributed by atoms with Crippen LogP contribution in [-0.4, -0.2) is 16.0 Å². The smallest absolute Gasteiger partial charge is 0.141 e. The van der Waals surface area contributed by atoms with E-state index in [1.165, 1.54) is 0 Å². The number of nitrogens with one attached hydrogen (secondary N) is 3. The van der Waals surface area contributed by atoms with Crippen molar-refractivity contribution in [1.29, 1.82) is 0 Å². The first-order valence-corrected chi connectivity index (χ1v) is 9.63. The van der Waals surface area contributed by atoms with Crippen molar-refractivity contribution in [3.05, 3.63) is 94.4 Å². The number of rotatable bonds is 7. The molecule has 28 heavy (non-hydrogen) atoms. The van der Waals surface area contributed by atoms with E-state index in [1.807, 2.05) is 42.5 Å². The van der Waals surface area contributed by atoms with Crippen LogP contribution in [0.3, 0.4) is 0 Å². The maximum Gasteiger partial charge on any atom is 0.141 e. The second-order valence-electron chi connectivity index (χ2n) is 6.35. The maximum atomic E-state index is 5.97. The molecular formula is C22H24ClN5. The van der Waals surface area contributed by atoms with E-state index >= 15 is 0 Å². The highest BCUT2D eigenvalue weighted by Crippen LogP contribution is 2.14. The molecular weight excluding hydrogens is 370 g/mol. The lowest BCUT2D eigenvalue weighted by molar-refractivity contribution is 0.793. The number of hydrogen-bond donors (Lipinski definition) is 3. The highest BCUT2D eigenvalue weighted by Gasteiger charge is 2.09. The van der Waals surface area contributed by atoms with Crippen LogP contribution >= 0.6 is 11.6 Å². The van der Waals surface area contributed by atoms with Crippen LogP contribution in [0.2, 0.25) is 5.02 Å². The van der Waals surface area contributed by atoms with Gasteiger partial charge >= 0.3 is 0 Å². The predicted octanol–water partition coefficient (Wildman–Crippen LogP) is 5.27. The van der Waals surface area contributed by atoms with Crippen LogP contribution < -0.4 is 10.6 Å². The first-order valence-electron chi connectivity index (χ1n) is 9.25. The van der Waals surface area contributed by atoms with Crippen molar-refractivity contribution in [2.45, 2.75) is 26.8 Å². The van der Waals surface area contributed by atoms with E-state index in [4.69, 9.17) is 16.6 Å². The molecule has 1 aromatic heterocycles. The van der Waals surface area contributed by atoms with Crippen molar-refractivity contribution in [2.24, 2.45) is 4.99 Å². The molecule has 3 rings (SSSR count). The van der Waals surface area contributed by atoms with Gasteiger partial charge in [-0.15, -0.1) is 0 Å². The number of aryl methyl sites for hydroxylation is 1. The van der Waals surface area contributed by atoms with E-state index in [0.717, 1.165) is 45.6 Å². The minimum atomic E-state index is 0.664. The number of allylic oxidation sites excluding steroid dienone is 1. The Hall–Kier alpha value is -3.05. The summed E-state index contributed by atoms with van der Waals surface area (Å²) in [7, 11) is 0. The average Bonchev–Trinajstić information content (AvgIpc) is 3.20. The van der Waals surface area contributed by atoms with Crippen molar-refractivity contribution in [2.75, 3.05) is 5.32 Å². The third-order valence-corrected chi connectivity index (χ3v) is 4.42. The summed E-state index contributed by atoms with van der Waals surface area (Å²) in [6.07, 6.45) is 4.65. The van der Waals surface area contributed by atoms with Crippen molar-refractivity contribution < 1.29 is 0 Å². The van der Waals surface area contributed by atoms with Gasteiger partial charge in [-0.05, 0) is 42.7 Å². The molecule has 6 heteroatoms. The van der Waals surface area contributed by atoms with Gasteiger partial charge in [-0.3, -0.25) is 5.10 Å². The molecule has 0 amide bonds. The third kappa shape index (κ3) is 5.47. The summed E-state index contributed by atoms with van der Waals surface area (Å²) in [4.78, 5) is 4.89. The number of anilines is 1. The standard InChI is InChI=1S/C22H24ClN5/c1-3-6-20(24-15-17-9-11-18(23)12-10-17)26-22(27-21-13-14-25-28-21)19-8-5-4-7-16(19)2/h4-14,24H,3,15H2,1-2H3,(H2,25,26,27,28)/b20-6+. The molecule has 3 N–H and O–H groups in total. The lowest BCUT2D eigenvalue weighted by Crippen LogP contribution is -2.19. The zero-order valence-corrected chi connectivity index (χ0v) is 16.8. The Morgan fingerprint density at radius 2 is 1.93 bits per heavy atom. The van der Waals surface area contributed by atoms with Crippen molar-refractivity contribution in [3.63, 3.8) is 0 Å². The van der Waals surface area contributed by atoms with Gasteiger partial charge in [-0.25, -0.2) is 4.99 Å². The summed E-state index contributed by atoms with van der Waals surface area (Å²) < 4.78 is 0. The van der Waals surface area contributed by atoms with Gasteiger partial charge in [0.2, 0.25) is 0 Å². The van der Waals surface area contributed by atoms with Crippen LogP contribution in [-0.2, 0) is 6.54 Å². The monoisotopic (exact) mass is 393 g/mol. The molecule has 0 fully saturated rings. The summed E-state index contributed by atoms with van der Waals surface area (Å²) in [6, 6.07) is 17.8. The molecule has 0 aliphatic heterocycles. The minimum absolute atomic E-state index is 0.664. The molecule has 5 nitrogen and oxygen atoms in total. The van der Waals surface area contributed by atoms with Gasteiger partial charge in [0.05, 0.1) is 6.20 Å². The first-order chi connectivity index (χ1) is 13.7. The number of benzene rings is 2. The van der Waals surface area contributed by atoms with E-state index in [0.29, 0.717) is 6.54 Å². The quantitative estimate of drug-likeness (QED) is 0.378. The molecule has 0 aliphatic rings. The fourth-order valence-electron chi connectivity index (χ4n) is 2.71. The summed E-state index contributed by atoms with van der Waals surface area (Å²) in [5.41, 5.74) is 3.31. The Balaban J connectivity index is 1.87. The first kappa shape index (κ1) is 19.7. The highest BCUT2D eigenvalue weighted by atomic mass is 35.5. The maximum absolute atomic E-state index is 5.97. The van der Waals surface area contributed by atoms with E-state index in [9.17, 15) is 0 Å². The van der Waals surface area contributed by atoms with Crippen molar-refractivity contribution >= 4 is 23.3 Å². The van der Waals surface area contributed by atoms with Gasteiger partial charge in [0.25, 0.3) is 0 Å². The molecule has 0 saturated heterocycles. The topological polar surface area (TPSA) is 65.1 Å². The lowest BCUT2D eigenvalue weighted by atomic mass is 10.1. The largest absolute Gasteiger partial charge is 0.366 e. The van der Waals surface area contributed by atoms with Gasteiger partial charge in [0.15, 0.2) is 0 Å². The van der Waals surface area contributed by atoms with Crippen LogP contribution in [0, 0.1) is 6.92 Å². The number of hydrogen-bond acceptors (Lipinski definition) is 3. The second kappa shape index (κ2) is 9.76. The Kier molecular flexibility index (Phi) is 6.87. The number of nitrogens with zero attached hydrogens (tertiary/aromatic N) is 2. The molecule has 0 unspecified atom stereocenters. The molecule has 3 aromatic rings. The predicted molar refractivity (Wildman–Crippen MR) is 117 cm³/mol. The summed E-state index contributed by atoms with van der Waals surface area (Å²) in [6.45, 7) is 4.83. The second-order valence-corrected chi connectivity index (χ2v) is 6.78. The summed E-state index contributed by atoms with van der Waals surface area (Å²) in [5, 5.41) is 14.4. The van der Waals surface area contributed by atoms with Crippen LogP contribution in [0.1, 0.15) is 30.0 Å². The SMILES string of the molecule is CC/C=C(/N=C(/Nc1ccn[nH]1)c1ccccc1C)NCc1ccc(Cl)cc1. The Morgan fingerprint density at radius 3 is 2.61 bits per heavy atom. The zero-order valence-electron chi connectivity index (χ0n) is 16.0. The minimum Gasteiger partial charge on any atom is -0.366 e. The normalized spacial score (nSPS) is 12.1. The molecule has 0 aliphatic carbocycles. The molecule has 2 aromatic carbocycles. The molecule has 0 saturated carbocycles. The van der Waals surface area contributed by atoms with Gasteiger partial charge in [-0.2, -0.15) is 5.10 Å². The van der Waals surface area contributed by atoms with Crippen molar-refractivity contribution in [1.82, 2.24) is 15.5 Å². The molecule has 144 valence electrons. The molecule has 0 spiro atoms. The van der Waals surface area contributed by atoms with Crippen LogP contribution in [0.5, 0.6) is 0 Å². The lowest BCUT2D eigenvalue weighted by Gasteiger charge is -2.14.